The highest BCUT2D eigenvalue weighted by atomic mass is 32.1. The number of hydrogen-bond donors (Lipinski definition) is 1. The molecule has 0 spiro atoms. The molecule has 1 N–H and O–H groups in total. The molecule has 4 rings (SSSR count). The molecule has 1 amide bonds. The van der Waals surface area contributed by atoms with Crippen molar-refractivity contribution in [3.05, 3.63) is 71.1 Å². The fourth-order valence-electron chi connectivity index (χ4n) is 2.82. The van der Waals surface area contributed by atoms with Crippen molar-refractivity contribution >= 4 is 27.9 Å². The molecule has 0 saturated carbocycles. The molecule has 0 saturated heterocycles. The predicted molar refractivity (Wildman–Crippen MR) is 104 cm³/mol. The molecule has 0 atom stereocenters. The van der Waals surface area contributed by atoms with Crippen LogP contribution < -0.4 is 10.1 Å². The number of imidazole rings is 1. The second kappa shape index (κ2) is 6.85. The number of anilines is 1. The largest absolute Gasteiger partial charge is 0.497 e. The Kier molecular flexibility index (Phi) is 4.37. The molecule has 0 bridgehead atoms. The lowest BCUT2D eigenvalue weighted by molar-refractivity contribution is 0.102. The Balaban J connectivity index is 1.62. The number of nitrogens with one attached hydrogen (secondary N) is 1. The van der Waals surface area contributed by atoms with E-state index in [1.54, 1.807) is 19.2 Å². The van der Waals surface area contributed by atoms with E-state index < -0.39 is 5.82 Å². The van der Waals surface area contributed by atoms with Crippen LogP contribution in [0.5, 0.6) is 5.75 Å². The van der Waals surface area contributed by atoms with Crippen LogP contribution in [0.15, 0.2) is 54.7 Å². The summed E-state index contributed by atoms with van der Waals surface area (Å²) in [7, 11) is 1.63. The van der Waals surface area contributed by atoms with Crippen molar-refractivity contribution in [1.29, 1.82) is 0 Å². The molecule has 0 aliphatic rings. The van der Waals surface area contributed by atoms with Crippen molar-refractivity contribution in [3.63, 3.8) is 0 Å². The van der Waals surface area contributed by atoms with Gasteiger partial charge >= 0.3 is 0 Å². The molecule has 4 aromatic rings. The van der Waals surface area contributed by atoms with Crippen molar-refractivity contribution in [2.75, 3.05) is 12.4 Å². The zero-order valence-electron chi connectivity index (χ0n) is 14.7. The second-order valence-corrected chi connectivity index (χ2v) is 6.97. The summed E-state index contributed by atoms with van der Waals surface area (Å²) < 4.78 is 20.4. The van der Waals surface area contributed by atoms with Gasteiger partial charge in [0.2, 0.25) is 0 Å². The number of benzene rings is 2. The van der Waals surface area contributed by atoms with E-state index in [9.17, 15) is 9.18 Å². The Morgan fingerprint density at radius 1 is 1.22 bits per heavy atom. The summed E-state index contributed by atoms with van der Waals surface area (Å²) in [6.07, 6.45) is 1.90. The molecule has 0 aliphatic heterocycles. The molecular weight excluding hydrogens is 365 g/mol. The molecule has 7 heteroatoms. The van der Waals surface area contributed by atoms with Crippen LogP contribution in [0, 0.1) is 12.7 Å². The summed E-state index contributed by atoms with van der Waals surface area (Å²) in [6.45, 7) is 1.86. The summed E-state index contributed by atoms with van der Waals surface area (Å²) in [5.74, 6) is 0.112. The monoisotopic (exact) mass is 381 g/mol. The highest BCUT2D eigenvalue weighted by Crippen LogP contribution is 2.28. The van der Waals surface area contributed by atoms with Gasteiger partial charge in [0.1, 0.15) is 16.4 Å². The summed E-state index contributed by atoms with van der Waals surface area (Å²) in [6, 6.07) is 13.5. The van der Waals surface area contributed by atoms with Crippen LogP contribution in [0.3, 0.4) is 0 Å². The minimum absolute atomic E-state index is 0.278. The van der Waals surface area contributed by atoms with E-state index in [-0.39, 0.29) is 5.91 Å². The van der Waals surface area contributed by atoms with E-state index in [1.807, 2.05) is 41.8 Å². The number of amides is 1. The lowest BCUT2D eigenvalue weighted by Gasteiger charge is -2.04. The first-order chi connectivity index (χ1) is 13.0. The SMILES string of the molecule is COc1ccc(-c2cn3c(C)c(C(=O)Nc4cccc(F)c4)sc3n2)cc1. The van der Waals surface area contributed by atoms with Crippen LogP contribution in [-0.2, 0) is 0 Å². The first-order valence-electron chi connectivity index (χ1n) is 8.25. The Morgan fingerprint density at radius 3 is 2.67 bits per heavy atom. The number of carbonyl (C=O) groups is 1. The van der Waals surface area contributed by atoms with Gasteiger partial charge in [0.05, 0.1) is 12.8 Å². The van der Waals surface area contributed by atoms with E-state index in [0.717, 1.165) is 27.7 Å². The van der Waals surface area contributed by atoms with Crippen LogP contribution in [0.4, 0.5) is 10.1 Å². The van der Waals surface area contributed by atoms with Gasteiger partial charge in [0.15, 0.2) is 4.96 Å². The van der Waals surface area contributed by atoms with Gasteiger partial charge in [-0.2, -0.15) is 0 Å². The topological polar surface area (TPSA) is 55.6 Å². The lowest BCUT2D eigenvalue weighted by atomic mass is 10.2. The normalized spacial score (nSPS) is 10.9. The quantitative estimate of drug-likeness (QED) is 0.554. The van der Waals surface area contributed by atoms with Gasteiger partial charge in [-0.1, -0.05) is 17.4 Å². The van der Waals surface area contributed by atoms with E-state index in [2.05, 4.69) is 10.3 Å². The Hall–Kier alpha value is -3.19. The molecule has 136 valence electrons. The molecule has 2 heterocycles. The summed E-state index contributed by atoms with van der Waals surface area (Å²) >= 11 is 1.30. The number of aryl methyl sites for hydroxylation is 1. The first kappa shape index (κ1) is 17.2. The molecule has 5 nitrogen and oxygen atoms in total. The van der Waals surface area contributed by atoms with Crippen molar-refractivity contribution in [2.24, 2.45) is 0 Å². The third-order valence-corrected chi connectivity index (χ3v) is 5.39. The van der Waals surface area contributed by atoms with E-state index >= 15 is 0 Å². The van der Waals surface area contributed by atoms with Crippen molar-refractivity contribution in [2.45, 2.75) is 6.92 Å². The van der Waals surface area contributed by atoms with Crippen LogP contribution in [0.2, 0.25) is 0 Å². The minimum Gasteiger partial charge on any atom is -0.497 e. The number of nitrogens with zero attached hydrogens (tertiary/aromatic N) is 2. The number of fused-ring (bicyclic) bond motifs is 1. The highest BCUT2D eigenvalue weighted by Gasteiger charge is 2.18. The maximum Gasteiger partial charge on any atom is 0.267 e. The van der Waals surface area contributed by atoms with Crippen LogP contribution in [-0.4, -0.2) is 22.4 Å². The zero-order valence-corrected chi connectivity index (χ0v) is 15.5. The maximum atomic E-state index is 13.3. The van der Waals surface area contributed by atoms with Gasteiger partial charge in [0.25, 0.3) is 5.91 Å². The van der Waals surface area contributed by atoms with Crippen molar-refractivity contribution < 1.29 is 13.9 Å². The number of aromatic nitrogens is 2. The maximum absolute atomic E-state index is 13.3. The number of methoxy groups -OCH3 is 1. The minimum atomic E-state index is -0.394. The van der Waals surface area contributed by atoms with Crippen LogP contribution in [0.25, 0.3) is 16.2 Å². The number of rotatable bonds is 4. The molecule has 27 heavy (non-hydrogen) atoms. The summed E-state index contributed by atoms with van der Waals surface area (Å²) in [5.41, 5.74) is 3.00. The Bertz CT molecular complexity index is 1130. The zero-order chi connectivity index (χ0) is 19.0. The summed E-state index contributed by atoms with van der Waals surface area (Å²) in [5, 5.41) is 2.73. The summed E-state index contributed by atoms with van der Waals surface area (Å²) in [4.78, 5) is 18.5. The number of thiazole rings is 1. The van der Waals surface area contributed by atoms with Crippen LogP contribution in [0.1, 0.15) is 15.4 Å². The fraction of sp³-hybridized carbons (Fsp3) is 0.100. The van der Waals surface area contributed by atoms with E-state index in [4.69, 9.17) is 4.74 Å². The molecule has 0 fully saturated rings. The van der Waals surface area contributed by atoms with Gasteiger partial charge < -0.3 is 10.1 Å². The average Bonchev–Trinajstić information content (AvgIpc) is 3.21. The molecule has 0 aliphatic carbocycles. The standard InChI is InChI=1S/C20H16FN3O2S/c1-12-18(19(25)22-15-5-3-4-14(21)10-15)27-20-23-17(11-24(12)20)13-6-8-16(26-2)9-7-13/h3-11H,1-2H3,(H,22,25). The van der Waals surface area contributed by atoms with Gasteiger partial charge in [0, 0.05) is 23.1 Å². The molecule has 0 radical (unpaired) electrons. The van der Waals surface area contributed by atoms with Gasteiger partial charge in [-0.3, -0.25) is 9.20 Å². The van der Waals surface area contributed by atoms with Gasteiger partial charge in [-0.15, -0.1) is 0 Å². The number of hydrogen-bond acceptors (Lipinski definition) is 4. The smallest absolute Gasteiger partial charge is 0.267 e. The van der Waals surface area contributed by atoms with Crippen LogP contribution >= 0.6 is 11.3 Å². The second-order valence-electron chi connectivity index (χ2n) is 5.99. The fourth-order valence-corrected chi connectivity index (χ4v) is 3.82. The van der Waals surface area contributed by atoms with Crippen molar-refractivity contribution in [3.8, 4) is 17.0 Å². The number of ether oxygens (including phenoxy) is 1. The highest BCUT2D eigenvalue weighted by molar-refractivity contribution is 7.19. The Labute approximate surface area is 159 Å². The third kappa shape index (κ3) is 3.29. The number of halogens is 1. The Morgan fingerprint density at radius 2 is 2.00 bits per heavy atom. The average molecular weight is 381 g/mol. The van der Waals surface area contributed by atoms with Gasteiger partial charge in [-0.25, -0.2) is 9.37 Å². The number of carbonyl (C=O) groups excluding carboxylic acids is 1. The predicted octanol–water partition coefficient (Wildman–Crippen LogP) is 4.77. The molecule has 0 unspecified atom stereocenters. The van der Waals surface area contributed by atoms with E-state index in [0.29, 0.717) is 10.6 Å². The van der Waals surface area contributed by atoms with Crippen molar-refractivity contribution in [1.82, 2.24) is 9.38 Å². The molecule has 2 aromatic carbocycles. The first-order valence-corrected chi connectivity index (χ1v) is 9.06. The third-order valence-electron chi connectivity index (χ3n) is 4.23. The van der Waals surface area contributed by atoms with E-state index in [1.165, 1.54) is 23.5 Å². The molecule has 2 aromatic heterocycles. The lowest BCUT2D eigenvalue weighted by Crippen LogP contribution is -2.12. The van der Waals surface area contributed by atoms with Gasteiger partial charge in [-0.05, 0) is 49.4 Å². The molecular formula is C20H16FN3O2S.